The third kappa shape index (κ3) is 3.67. The fourth-order valence-electron chi connectivity index (χ4n) is 4.36. The quantitative estimate of drug-likeness (QED) is 0.249. The molecule has 1 aromatic heterocycles. The minimum absolute atomic E-state index is 1.29. The van der Waals surface area contributed by atoms with Crippen LogP contribution in [0.2, 0.25) is 19.6 Å². The van der Waals surface area contributed by atoms with Gasteiger partial charge in [-0.1, -0.05) is 128 Å². The second-order valence-electron chi connectivity index (χ2n) is 9.02. The number of fused-ring (bicyclic) bond motifs is 1. The maximum atomic E-state index is 2.45. The highest BCUT2D eigenvalue weighted by molar-refractivity contribution is 7.21. The van der Waals surface area contributed by atoms with Gasteiger partial charge in [-0.3, -0.25) is 0 Å². The molecule has 2 heteroatoms. The minimum Gasteiger partial charge on any atom is -0.134 e. The number of hydrogen-bond donors (Lipinski definition) is 0. The lowest BCUT2D eigenvalue weighted by molar-refractivity contribution is 1.62. The van der Waals surface area contributed by atoms with Crippen LogP contribution in [0.5, 0.6) is 0 Å². The van der Waals surface area contributed by atoms with Crippen LogP contribution in [0.15, 0.2) is 103 Å². The third-order valence-corrected chi connectivity index (χ3v) is 9.16. The van der Waals surface area contributed by atoms with Gasteiger partial charge in [-0.2, -0.15) is 0 Å². The molecule has 5 rings (SSSR count). The number of rotatable bonds is 4. The van der Waals surface area contributed by atoms with Crippen molar-refractivity contribution in [2.24, 2.45) is 0 Å². The third-order valence-electron chi connectivity index (χ3n) is 5.84. The SMILES string of the molecule is C[Si](C)(C)c1cccc(-c2ccccc2)c1-c1sc(-c2ccccc2)c2ccccc12. The molecule has 0 saturated carbocycles. The first-order valence-electron chi connectivity index (χ1n) is 10.8. The molecule has 0 atom stereocenters. The fraction of sp³-hybridized carbons (Fsp3) is 0.103. The Kier molecular flexibility index (Phi) is 5.13. The van der Waals surface area contributed by atoms with E-state index in [9.17, 15) is 0 Å². The first-order valence-corrected chi connectivity index (χ1v) is 15.1. The van der Waals surface area contributed by atoms with Crippen LogP contribution in [0.3, 0.4) is 0 Å². The van der Waals surface area contributed by atoms with Crippen LogP contribution in [-0.4, -0.2) is 8.07 Å². The Morgan fingerprint density at radius 3 is 1.68 bits per heavy atom. The van der Waals surface area contributed by atoms with E-state index in [4.69, 9.17) is 0 Å². The number of thiophene rings is 1. The van der Waals surface area contributed by atoms with Gasteiger partial charge >= 0.3 is 0 Å². The van der Waals surface area contributed by atoms with Gasteiger partial charge in [0.2, 0.25) is 0 Å². The average molecular weight is 435 g/mol. The topological polar surface area (TPSA) is 0 Å². The number of benzene rings is 4. The summed E-state index contributed by atoms with van der Waals surface area (Å²) in [6, 6.07) is 37.5. The van der Waals surface area contributed by atoms with E-state index in [0.717, 1.165) is 0 Å². The van der Waals surface area contributed by atoms with Crippen molar-refractivity contribution in [3.05, 3.63) is 103 Å². The molecule has 0 aliphatic carbocycles. The summed E-state index contributed by atoms with van der Waals surface area (Å²) >= 11 is 1.94. The highest BCUT2D eigenvalue weighted by Gasteiger charge is 2.26. The molecule has 0 fully saturated rings. The zero-order valence-corrected chi connectivity index (χ0v) is 20.0. The monoisotopic (exact) mass is 434 g/mol. The van der Waals surface area contributed by atoms with E-state index < -0.39 is 8.07 Å². The van der Waals surface area contributed by atoms with Gasteiger partial charge in [0.25, 0.3) is 0 Å². The summed E-state index contributed by atoms with van der Waals surface area (Å²) in [5, 5.41) is 4.23. The maximum absolute atomic E-state index is 2.45. The minimum atomic E-state index is -1.58. The molecule has 4 aromatic carbocycles. The van der Waals surface area contributed by atoms with Crippen molar-refractivity contribution in [2.45, 2.75) is 19.6 Å². The molecule has 31 heavy (non-hydrogen) atoms. The molecule has 0 radical (unpaired) electrons. The molecule has 0 amide bonds. The van der Waals surface area contributed by atoms with Gasteiger partial charge in [0.05, 0.1) is 8.07 Å². The van der Waals surface area contributed by atoms with Crippen LogP contribution in [-0.2, 0) is 0 Å². The Bertz CT molecular complexity index is 1340. The van der Waals surface area contributed by atoms with Crippen molar-refractivity contribution < 1.29 is 0 Å². The highest BCUT2D eigenvalue weighted by atomic mass is 32.1. The fourth-order valence-corrected chi connectivity index (χ4v) is 7.41. The second-order valence-corrected chi connectivity index (χ2v) is 15.1. The average Bonchev–Trinajstić information content (AvgIpc) is 3.19. The summed E-state index contributed by atoms with van der Waals surface area (Å²) in [6.07, 6.45) is 0. The lowest BCUT2D eigenvalue weighted by Crippen LogP contribution is -2.39. The first kappa shape index (κ1) is 20.0. The molecule has 0 aliphatic rings. The van der Waals surface area contributed by atoms with Crippen LogP contribution in [0.1, 0.15) is 0 Å². The predicted octanol–water partition coefficient (Wildman–Crippen LogP) is 8.45. The Labute approximate surface area is 189 Å². The lowest BCUT2D eigenvalue weighted by atomic mass is 9.96. The van der Waals surface area contributed by atoms with Crippen molar-refractivity contribution in [1.82, 2.24) is 0 Å². The molecule has 0 N–H and O–H groups in total. The maximum Gasteiger partial charge on any atom is 0.0784 e. The smallest absolute Gasteiger partial charge is 0.0784 e. The van der Waals surface area contributed by atoms with Crippen molar-refractivity contribution >= 4 is 35.4 Å². The van der Waals surface area contributed by atoms with Crippen molar-refractivity contribution in [3.8, 4) is 32.0 Å². The molecule has 0 spiro atoms. The lowest BCUT2D eigenvalue weighted by Gasteiger charge is -2.23. The van der Waals surface area contributed by atoms with Crippen LogP contribution >= 0.6 is 11.3 Å². The highest BCUT2D eigenvalue weighted by Crippen LogP contribution is 2.46. The molecule has 0 unspecified atom stereocenters. The summed E-state index contributed by atoms with van der Waals surface area (Å²) in [6.45, 7) is 7.36. The van der Waals surface area contributed by atoms with E-state index in [1.807, 2.05) is 11.3 Å². The van der Waals surface area contributed by atoms with E-state index >= 15 is 0 Å². The van der Waals surface area contributed by atoms with Crippen molar-refractivity contribution in [3.63, 3.8) is 0 Å². The normalized spacial score (nSPS) is 11.7. The van der Waals surface area contributed by atoms with Gasteiger partial charge in [-0.15, -0.1) is 11.3 Å². The van der Waals surface area contributed by atoms with E-state index in [1.165, 1.54) is 48.0 Å². The molecule has 5 aromatic rings. The summed E-state index contributed by atoms with van der Waals surface area (Å²) in [7, 11) is -1.58. The van der Waals surface area contributed by atoms with Gasteiger partial charge in [0.1, 0.15) is 0 Å². The Morgan fingerprint density at radius 1 is 0.516 bits per heavy atom. The molecular formula is C29H26SSi. The van der Waals surface area contributed by atoms with E-state index in [2.05, 4.69) is 123 Å². The Morgan fingerprint density at radius 2 is 1.06 bits per heavy atom. The standard InChI is InChI=1S/C29H26SSi/c1-31(2,3)26-20-12-19-23(21-13-6-4-7-14-21)27(26)29-25-18-11-10-17-24(25)28(30-29)22-15-8-5-9-16-22/h4-20H,1-3H3. The first-order chi connectivity index (χ1) is 15.0. The molecule has 0 saturated heterocycles. The van der Waals surface area contributed by atoms with Gasteiger partial charge in [-0.05, 0) is 22.3 Å². The van der Waals surface area contributed by atoms with Gasteiger partial charge in [0, 0.05) is 20.5 Å². The van der Waals surface area contributed by atoms with E-state index in [-0.39, 0.29) is 0 Å². The Hall–Kier alpha value is -2.94. The zero-order chi connectivity index (χ0) is 21.4. The van der Waals surface area contributed by atoms with Crippen molar-refractivity contribution in [2.75, 3.05) is 0 Å². The van der Waals surface area contributed by atoms with Gasteiger partial charge in [-0.25, -0.2) is 0 Å². The number of hydrogen-bond acceptors (Lipinski definition) is 1. The molecule has 1 heterocycles. The zero-order valence-electron chi connectivity index (χ0n) is 18.2. The van der Waals surface area contributed by atoms with Crippen LogP contribution in [0.4, 0.5) is 0 Å². The predicted molar refractivity (Wildman–Crippen MR) is 141 cm³/mol. The summed E-state index contributed by atoms with van der Waals surface area (Å²) in [5.74, 6) is 0. The summed E-state index contributed by atoms with van der Waals surface area (Å²) in [4.78, 5) is 2.75. The molecule has 0 aliphatic heterocycles. The van der Waals surface area contributed by atoms with Gasteiger partial charge < -0.3 is 0 Å². The molecular weight excluding hydrogens is 408 g/mol. The van der Waals surface area contributed by atoms with Crippen molar-refractivity contribution in [1.29, 1.82) is 0 Å². The Balaban J connectivity index is 1.88. The summed E-state index contributed by atoms with van der Waals surface area (Å²) < 4.78 is 0. The van der Waals surface area contributed by atoms with Crippen LogP contribution in [0, 0.1) is 0 Å². The van der Waals surface area contributed by atoms with E-state index in [0.29, 0.717) is 0 Å². The van der Waals surface area contributed by atoms with Gasteiger partial charge in [0.15, 0.2) is 0 Å². The molecule has 0 nitrogen and oxygen atoms in total. The summed E-state index contributed by atoms with van der Waals surface area (Å²) in [5.41, 5.74) is 5.35. The van der Waals surface area contributed by atoms with Crippen LogP contribution < -0.4 is 5.19 Å². The van der Waals surface area contributed by atoms with E-state index in [1.54, 1.807) is 0 Å². The largest absolute Gasteiger partial charge is 0.134 e. The second kappa shape index (κ2) is 7.95. The van der Waals surface area contributed by atoms with Crippen LogP contribution in [0.25, 0.3) is 42.8 Å². The molecule has 152 valence electrons. The molecule has 0 bridgehead atoms.